The number of rotatable bonds is 7. The summed E-state index contributed by atoms with van der Waals surface area (Å²) in [5.41, 5.74) is 2.74. The average molecular weight is 397 g/mol. The van der Waals surface area contributed by atoms with E-state index in [4.69, 9.17) is 9.47 Å². The Kier molecular flexibility index (Phi) is 6.16. The molecule has 3 rings (SSSR count). The predicted molar refractivity (Wildman–Crippen MR) is 112 cm³/mol. The number of hydrogen-bond acceptors (Lipinski definition) is 4. The summed E-state index contributed by atoms with van der Waals surface area (Å²) in [5, 5.41) is 3.15. The molecule has 0 unspecified atom stereocenters. The molecule has 7 heteroatoms. The number of H-pyrrole nitrogens is 1. The van der Waals surface area contributed by atoms with Crippen LogP contribution in [-0.4, -0.2) is 29.7 Å². The molecule has 0 fully saturated rings. The van der Waals surface area contributed by atoms with Crippen molar-refractivity contribution in [3.05, 3.63) is 69.9 Å². The summed E-state index contributed by atoms with van der Waals surface area (Å²) in [6.07, 6.45) is 1.53. The highest BCUT2D eigenvalue weighted by molar-refractivity contribution is 6.01. The Balaban J connectivity index is 2.14. The number of hydrogen-bond donors (Lipinski definition) is 1. The number of halogens is 1. The minimum Gasteiger partial charge on any atom is -0.493 e. The van der Waals surface area contributed by atoms with Crippen molar-refractivity contribution < 1.29 is 13.9 Å². The Labute approximate surface area is 168 Å². The van der Waals surface area contributed by atoms with Gasteiger partial charge >= 0.3 is 0 Å². The lowest BCUT2D eigenvalue weighted by Crippen LogP contribution is -2.19. The second-order valence-electron chi connectivity index (χ2n) is 6.54. The zero-order chi connectivity index (χ0) is 21.0. The lowest BCUT2D eigenvalue weighted by molar-refractivity contribution is 0.356. The number of aromatic nitrogens is 2. The minimum atomic E-state index is -0.356. The zero-order valence-electron chi connectivity index (χ0n) is 17.0. The maximum absolute atomic E-state index is 13.3. The third-order valence-electron chi connectivity index (χ3n) is 4.58. The summed E-state index contributed by atoms with van der Waals surface area (Å²) in [4.78, 5) is 17.8. The number of ether oxygens (including phenoxy) is 2. The molecule has 2 aromatic carbocycles. The Morgan fingerprint density at radius 1 is 1.14 bits per heavy atom. The van der Waals surface area contributed by atoms with E-state index >= 15 is 0 Å². The van der Waals surface area contributed by atoms with Gasteiger partial charge < -0.3 is 9.47 Å². The van der Waals surface area contributed by atoms with E-state index in [0.717, 1.165) is 12.1 Å². The minimum absolute atomic E-state index is 0.233. The van der Waals surface area contributed by atoms with Gasteiger partial charge in [-0.2, -0.15) is 0 Å². The van der Waals surface area contributed by atoms with Crippen LogP contribution in [-0.2, 0) is 6.42 Å². The fourth-order valence-corrected chi connectivity index (χ4v) is 3.25. The van der Waals surface area contributed by atoms with Gasteiger partial charge in [0.2, 0.25) is 0 Å². The molecule has 0 saturated heterocycles. The van der Waals surface area contributed by atoms with Crippen LogP contribution in [0.3, 0.4) is 0 Å². The molecule has 29 heavy (non-hydrogen) atoms. The summed E-state index contributed by atoms with van der Waals surface area (Å²) in [6.45, 7) is 3.83. The van der Waals surface area contributed by atoms with Crippen molar-refractivity contribution in [2.24, 2.45) is 4.99 Å². The maximum Gasteiger partial charge on any atom is 0.280 e. The summed E-state index contributed by atoms with van der Waals surface area (Å²) >= 11 is 0. The van der Waals surface area contributed by atoms with Crippen LogP contribution < -0.4 is 15.0 Å². The van der Waals surface area contributed by atoms with Gasteiger partial charge in [-0.3, -0.25) is 9.89 Å². The van der Waals surface area contributed by atoms with Gasteiger partial charge in [-0.1, -0.05) is 19.4 Å². The first-order chi connectivity index (χ1) is 14.0. The first kappa shape index (κ1) is 20.4. The molecule has 6 nitrogen and oxygen atoms in total. The van der Waals surface area contributed by atoms with Gasteiger partial charge in [0.15, 0.2) is 11.5 Å². The summed E-state index contributed by atoms with van der Waals surface area (Å²) < 4.78 is 25.5. The molecule has 1 N–H and O–H groups in total. The Bertz CT molecular complexity index is 1080. The van der Waals surface area contributed by atoms with Crippen molar-refractivity contribution in [1.29, 1.82) is 0 Å². The maximum atomic E-state index is 13.3. The summed E-state index contributed by atoms with van der Waals surface area (Å²) in [6, 6.07) is 11.2. The number of para-hydroxylation sites is 1. The highest BCUT2D eigenvalue weighted by Crippen LogP contribution is 2.37. The molecule has 0 spiro atoms. The first-order valence-electron chi connectivity index (χ1n) is 9.36. The molecule has 0 aliphatic heterocycles. The van der Waals surface area contributed by atoms with Crippen molar-refractivity contribution in [1.82, 2.24) is 9.78 Å². The molecule has 0 aliphatic carbocycles. The molecular weight excluding hydrogens is 373 g/mol. The second kappa shape index (κ2) is 8.77. The number of benzene rings is 2. The number of aliphatic imine (C=N–C) groups is 1. The molecule has 0 aliphatic rings. The van der Waals surface area contributed by atoms with E-state index in [-0.39, 0.29) is 11.4 Å². The molecule has 1 aromatic heterocycles. The highest BCUT2D eigenvalue weighted by Gasteiger charge is 2.18. The fourth-order valence-electron chi connectivity index (χ4n) is 3.25. The first-order valence-corrected chi connectivity index (χ1v) is 9.36. The SMILES string of the molecule is CCCc1[nH]n(-c2ccc(F)cc2)c(=O)c1C(C)=Nc1cccc(OC)c1OC. The fraction of sp³-hybridized carbons (Fsp3) is 0.273. The summed E-state index contributed by atoms with van der Waals surface area (Å²) in [7, 11) is 3.11. The number of methoxy groups -OCH3 is 2. The van der Waals surface area contributed by atoms with Crippen LogP contribution in [0.15, 0.2) is 52.3 Å². The molecule has 152 valence electrons. The Hall–Kier alpha value is -3.35. The van der Waals surface area contributed by atoms with Crippen LogP contribution in [0, 0.1) is 5.82 Å². The monoisotopic (exact) mass is 397 g/mol. The van der Waals surface area contributed by atoms with Gasteiger partial charge in [0.25, 0.3) is 5.56 Å². The Morgan fingerprint density at radius 3 is 2.48 bits per heavy atom. The zero-order valence-corrected chi connectivity index (χ0v) is 17.0. The van der Waals surface area contributed by atoms with Crippen molar-refractivity contribution in [3.63, 3.8) is 0 Å². The van der Waals surface area contributed by atoms with E-state index in [0.29, 0.717) is 40.6 Å². The van der Waals surface area contributed by atoms with Crippen LogP contribution in [0.1, 0.15) is 31.5 Å². The molecule has 0 bridgehead atoms. The topological polar surface area (TPSA) is 68.6 Å². The lowest BCUT2D eigenvalue weighted by Gasteiger charge is -2.10. The van der Waals surface area contributed by atoms with Crippen molar-refractivity contribution >= 4 is 11.4 Å². The number of nitrogens with one attached hydrogen (secondary N) is 1. The van der Waals surface area contributed by atoms with E-state index in [1.807, 2.05) is 13.0 Å². The third-order valence-corrected chi connectivity index (χ3v) is 4.58. The standard InChI is InChI=1S/C22H24FN3O3/c1-5-7-17-20(22(27)26(25-17)16-12-10-15(23)11-13-16)14(2)24-18-8-6-9-19(28-3)21(18)29-4/h6,8-13,25H,5,7H2,1-4H3. The summed E-state index contributed by atoms with van der Waals surface area (Å²) in [5.74, 6) is 0.708. The smallest absolute Gasteiger partial charge is 0.280 e. The molecule has 1 heterocycles. The van der Waals surface area contributed by atoms with E-state index in [1.165, 1.54) is 16.8 Å². The van der Waals surface area contributed by atoms with Gasteiger partial charge in [-0.15, -0.1) is 0 Å². The molecule has 0 saturated carbocycles. The van der Waals surface area contributed by atoms with Gasteiger partial charge in [0.1, 0.15) is 11.5 Å². The van der Waals surface area contributed by atoms with Crippen LogP contribution in [0.2, 0.25) is 0 Å². The molecule has 0 atom stereocenters. The number of aryl methyl sites for hydroxylation is 1. The molecule has 0 radical (unpaired) electrons. The largest absolute Gasteiger partial charge is 0.493 e. The second-order valence-corrected chi connectivity index (χ2v) is 6.54. The number of aromatic amines is 1. The normalized spacial score (nSPS) is 11.6. The van der Waals surface area contributed by atoms with Crippen molar-refractivity contribution in [2.45, 2.75) is 26.7 Å². The van der Waals surface area contributed by atoms with Gasteiger partial charge in [-0.25, -0.2) is 14.1 Å². The van der Waals surface area contributed by atoms with Gasteiger partial charge in [0.05, 0.1) is 31.2 Å². The van der Waals surface area contributed by atoms with E-state index < -0.39 is 0 Å². The van der Waals surface area contributed by atoms with E-state index in [9.17, 15) is 9.18 Å². The molecular formula is C22H24FN3O3. The van der Waals surface area contributed by atoms with Crippen LogP contribution in [0.25, 0.3) is 5.69 Å². The van der Waals surface area contributed by atoms with Crippen LogP contribution in [0.4, 0.5) is 10.1 Å². The third kappa shape index (κ3) is 4.08. The Morgan fingerprint density at radius 2 is 1.86 bits per heavy atom. The van der Waals surface area contributed by atoms with Gasteiger partial charge in [-0.05, 0) is 49.7 Å². The van der Waals surface area contributed by atoms with E-state index in [1.54, 1.807) is 45.4 Å². The lowest BCUT2D eigenvalue weighted by atomic mass is 10.1. The molecule has 0 amide bonds. The molecule has 3 aromatic rings. The average Bonchev–Trinajstić information content (AvgIpc) is 3.04. The predicted octanol–water partition coefficient (Wildman–Crippen LogP) is 4.42. The highest BCUT2D eigenvalue weighted by atomic mass is 19.1. The number of nitrogens with zero attached hydrogens (tertiary/aromatic N) is 2. The van der Waals surface area contributed by atoms with E-state index in [2.05, 4.69) is 10.1 Å². The van der Waals surface area contributed by atoms with Crippen LogP contribution >= 0.6 is 0 Å². The van der Waals surface area contributed by atoms with Crippen molar-refractivity contribution in [3.8, 4) is 17.2 Å². The van der Waals surface area contributed by atoms with Crippen LogP contribution in [0.5, 0.6) is 11.5 Å². The van der Waals surface area contributed by atoms with Crippen molar-refractivity contribution in [2.75, 3.05) is 14.2 Å². The quantitative estimate of drug-likeness (QED) is 0.600. The van der Waals surface area contributed by atoms with Gasteiger partial charge in [0, 0.05) is 5.69 Å².